The highest BCUT2D eigenvalue weighted by atomic mass is 127. The zero-order chi connectivity index (χ0) is 21.0. The summed E-state index contributed by atoms with van der Waals surface area (Å²) in [5, 5.41) is 14.9. The smallest absolute Gasteiger partial charge is 0.191 e. The van der Waals surface area contributed by atoms with Gasteiger partial charge < -0.3 is 19.9 Å². The van der Waals surface area contributed by atoms with E-state index in [0.717, 1.165) is 74.4 Å². The summed E-state index contributed by atoms with van der Waals surface area (Å²) in [6.45, 7) is 5.94. The number of rotatable bonds is 11. The van der Waals surface area contributed by atoms with Gasteiger partial charge in [0.2, 0.25) is 0 Å². The zero-order valence-electron chi connectivity index (χ0n) is 17.9. The van der Waals surface area contributed by atoms with Gasteiger partial charge in [-0.25, -0.2) is 4.39 Å². The average molecular weight is 562 g/mol. The summed E-state index contributed by atoms with van der Waals surface area (Å²) in [7, 11) is 0. The Morgan fingerprint density at radius 3 is 2.84 bits per heavy atom. The Morgan fingerprint density at radius 2 is 2.10 bits per heavy atom. The van der Waals surface area contributed by atoms with Crippen molar-refractivity contribution >= 4 is 41.7 Å². The van der Waals surface area contributed by atoms with Crippen molar-refractivity contribution in [1.82, 2.24) is 25.4 Å². The van der Waals surface area contributed by atoms with E-state index in [4.69, 9.17) is 9.73 Å². The molecule has 1 aliphatic heterocycles. The molecular weight excluding hydrogens is 530 g/mol. The lowest BCUT2D eigenvalue weighted by Gasteiger charge is -2.14. The second-order valence-electron chi connectivity index (χ2n) is 7.13. The summed E-state index contributed by atoms with van der Waals surface area (Å²) in [4.78, 5) is 5.80. The van der Waals surface area contributed by atoms with Crippen molar-refractivity contribution in [3.63, 3.8) is 0 Å². The van der Waals surface area contributed by atoms with Crippen LogP contribution < -0.4 is 10.6 Å². The molecule has 0 amide bonds. The van der Waals surface area contributed by atoms with E-state index in [-0.39, 0.29) is 35.9 Å². The predicted molar refractivity (Wildman–Crippen MR) is 134 cm³/mol. The van der Waals surface area contributed by atoms with Gasteiger partial charge in [0.25, 0.3) is 0 Å². The van der Waals surface area contributed by atoms with E-state index in [9.17, 15) is 4.39 Å². The summed E-state index contributed by atoms with van der Waals surface area (Å²) in [6.07, 6.45) is 6.03. The molecule has 1 aromatic carbocycles. The summed E-state index contributed by atoms with van der Waals surface area (Å²) < 4.78 is 20.7. The van der Waals surface area contributed by atoms with Crippen molar-refractivity contribution in [2.45, 2.75) is 50.2 Å². The average Bonchev–Trinajstić information content (AvgIpc) is 3.44. The monoisotopic (exact) mass is 562 g/mol. The molecule has 2 heterocycles. The van der Waals surface area contributed by atoms with E-state index >= 15 is 0 Å². The first kappa shape index (κ1) is 25.9. The highest BCUT2D eigenvalue weighted by molar-refractivity contribution is 14.0. The van der Waals surface area contributed by atoms with Crippen LogP contribution in [0.2, 0.25) is 0 Å². The van der Waals surface area contributed by atoms with Crippen molar-refractivity contribution in [1.29, 1.82) is 0 Å². The second kappa shape index (κ2) is 14.6. The largest absolute Gasteiger partial charge is 0.376 e. The van der Waals surface area contributed by atoms with Gasteiger partial charge >= 0.3 is 0 Å². The Kier molecular flexibility index (Phi) is 12.2. The number of aliphatic imine (C=N–C) groups is 1. The first-order valence-electron chi connectivity index (χ1n) is 10.6. The lowest BCUT2D eigenvalue weighted by atomic mass is 10.2. The molecule has 0 radical (unpaired) electrons. The van der Waals surface area contributed by atoms with Crippen LogP contribution in [0.5, 0.6) is 0 Å². The predicted octanol–water partition coefficient (Wildman–Crippen LogP) is 3.49. The van der Waals surface area contributed by atoms with E-state index in [1.807, 2.05) is 12.1 Å². The number of aromatic nitrogens is 3. The third-order valence-electron chi connectivity index (χ3n) is 4.83. The molecular formula is C21H32FIN6OS. The number of hydrogen-bond donors (Lipinski definition) is 2. The van der Waals surface area contributed by atoms with E-state index in [1.165, 1.54) is 12.1 Å². The Bertz CT molecular complexity index is 782. The number of halogens is 2. The summed E-state index contributed by atoms with van der Waals surface area (Å²) >= 11 is 1.73. The van der Waals surface area contributed by atoms with Gasteiger partial charge in [-0.2, -0.15) is 0 Å². The fourth-order valence-electron chi connectivity index (χ4n) is 3.19. The Morgan fingerprint density at radius 1 is 1.29 bits per heavy atom. The molecule has 0 saturated carbocycles. The van der Waals surface area contributed by atoms with Gasteiger partial charge in [-0.1, -0.05) is 6.92 Å². The molecule has 1 unspecified atom stereocenters. The van der Waals surface area contributed by atoms with Crippen molar-refractivity contribution in [3.8, 4) is 0 Å². The van der Waals surface area contributed by atoms with Crippen molar-refractivity contribution < 1.29 is 9.13 Å². The molecule has 1 aromatic heterocycles. The minimum Gasteiger partial charge on any atom is -0.376 e. The van der Waals surface area contributed by atoms with Gasteiger partial charge in [0.05, 0.1) is 12.6 Å². The highest BCUT2D eigenvalue weighted by Crippen LogP contribution is 2.18. The van der Waals surface area contributed by atoms with Gasteiger partial charge in [0, 0.05) is 37.6 Å². The quantitative estimate of drug-likeness (QED) is 0.144. The Labute approximate surface area is 205 Å². The molecule has 1 saturated heterocycles. The lowest BCUT2D eigenvalue weighted by molar-refractivity contribution is 0.117. The molecule has 10 heteroatoms. The Hall–Kier alpha value is -1.40. The fourth-order valence-corrected chi connectivity index (χ4v) is 4.04. The maximum atomic E-state index is 13.0. The molecule has 1 aliphatic rings. The molecule has 3 rings (SSSR count). The van der Waals surface area contributed by atoms with Gasteiger partial charge in [-0.05, 0) is 49.3 Å². The molecule has 1 atom stereocenters. The van der Waals surface area contributed by atoms with Crippen molar-refractivity contribution in [2.24, 2.45) is 4.99 Å². The van der Waals surface area contributed by atoms with E-state index in [1.54, 1.807) is 18.1 Å². The van der Waals surface area contributed by atoms with Crippen LogP contribution in [-0.4, -0.2) is 58.8 Å². The van der Waals surface area contributed by atoms with Crippen LogP contribution in [0.25, 0.3) is 0 Å². The minimum absolute atomic E-state index is 0. The van der Waals surface area contributed by atoms with Gasteiger partial charge in [-0.3, -0.25) is 4.99 Å². The van der Waals surface area contributed by atoms with Crippen molar-refractivity contribution in [3.05, 3.63) is 42.2 Å². The molecule has 0 bridgehead atoms. The van der Waals surface area contributed by atoms with Crippen molar-refractivity contribution in [2.75, 3.05) is 32.0 Å². The van der Waals surface area contributed by atoms with Crippen LogP contribution >= 0.6 is 35.7 Å². The molecule has 31 heavy (non-hydrogen) atoms. The van der Waals surface area contributed by atoms with E-state index < -0.39 is 0 Å². The maximum Gasteiger partial charge on any atom is 0.191 e. The van der Waals surface area contributed by atoms with Gasteiger partial charge in [0.15, 0.2) is 5.96 Å². The van der Waals surface area contributed by atoms with Crippen LogP contribution in [0.15, 0.2) is 40.5 Å². The number of nitrogens with one attached hydrogen (secondary N) is 2. The maximum absolute atomic E-state index is 13.0. The zero-order valence-corrected chi connectivity index (χ0v) is 21.1. The first-order valence-corrected chi connectivity index (χ1v) is 11.6. The van der Waals surface area contributed by atoms with E-state index in [0.29, 0.717) is 6.54 Å². The second-order valence-corrected chi connectivity index (χ2v) is 8.30. The number of aryl methyl sites for hydroxylation is 1. The number of thioether (sulfide) groups is 1. The third-order valence-corrected chi connectivity index (χ3v) is 5.93. The number of ether oxygens (including phenoxy) is 1. The number of nitrogens with zero attached hydrogens (tertiary/aromatic N) is 4. The van der Waals surface area contributed by atoms with Crippen LogP contribution in [0.1, 0.15) is 32.0 Å². The molecule has 2 aromatic rings. The summed E-state index contributed by atoms with van der Waals surface area (Å²) in [5.74, 6) is 2.55. The molecule has 1 fully saturated rings. The topological polar surface area (TPSA) is 76.4 Å². The lowest BCUT2D eigenvalue weighted by Crippen LogP contribution is -2.40. The van der Waals surface area contributed by atoms with E-state index in [2.05, 4.69) is 32.3 Å². The number of guanidine groups is 1. The third kappa shape index (κ3) is 9.32. The standard InChI is InChI=1S/C21H31FN6OS.HI/c1-2-20-27-26-16-28(20)12-11-24-21(25-15-18-5-3-13-29-18)23-10-4-14-30-19-8-6-17(22)7-9-19;/h6-9,16,18H,2-5,10-15H2,1H3,(H2,23,24,25);1H. The van der Waals surface area contributed by atoms with Gasteiger partial charge in [-0.15, -0.1) is 45.9 Å². The number of hydrogen-bond acceptors (Lipinski definition) is 5. The highest BCUT2D eigenvalue weighted by Gasteiger charge is 2.15. The minimum atomic E-state index is -0.197. The van der Waals surface area contributed by atoms with Crippen LogP contribution in [0.4, 0.5) is 4.39 Å². The van der Waals surface area contributed by atoms with Crippen LogP contribution in [0, 0.1) is 5.82 Å². The Balaban J connectivity index is 0.00000341. The summed E-state index contributed by atoms with van der Waals surface area (Å²) in [6, 6.07) is 6.64. The molecule has 0 aliphatic carbocycles. The van der Waals surface area contributed by atoms with Crippen LogP contribution in [0.3, 0.4) is 0 Å². The molecule has 0 spiro atoms. The summed E-state index contributed by atoms with van der Waals surface area (Å²) in [5.41, 5.74) is 0. The SMILES string of the molecule is CCc1nncn1CCNC(=NCC1CCCO1)NCCCSc1ccc(F)cc1.I. The normalized spacial score (nSPS) is 16.2. The molecule has 2 N–H and O–H groups in total. The number of benzene rings is 1. The van der Waals surface area contributed by atoms with Gasteiger partial charge in [0.1, 0.15) is 18.0 Å². The molecule has 7 nitrogen and oxygen atoms in total. The first-order chi connectivity index (χ1) is 14.7. The van der Waals surface area contributed by atoms with Crippen LogP contribution in [-0.2, 0) is 17.7 Å². The fraction of sp³-hybridized carbons (Fsp3) is 0.571. The molecule has 172 valence electrons.